The minimum Gasteiger partial charge on any atom is -0.314 e. The Bertz CT molecular complexity index is 95.8. The second-order valence-electron chi connectivity index (χ2n) is 3.48. The highest BCUT2D eigenvalue weighted by molar-refractivity contribution is 7.99. The molecule has 1 nitrogen and oxygen atoms in total. The predicted octanol–water partition coefficient (Wildman–Crippen LogP) is 2.91. The van der Waals surface area contributed by atoms with Gasteiger partial charge >= 0.3 is 0 Å². The molecule has 0 aliphatic rings. The van der Waals surface area contributed by atoms with E-state index in [1.165, 1.54) is 25.8 Å². The van der Waals surface area contributed by atoms with Crippen LogP contribution in [0, 0.1) is 0 Å². The molecule has 0 aromatic heterocycles. The SMILES string of the molecule is CCCC(C)NCCC(C)SC. The van der Waals surface area contributed by atoms with Gasteiger partial charge in [0.1, 0.15) is 0 Å². The average molecular weight is 189 g/mol. The fraction of sp³-hybridized carbons (Fsp3) is 1.00. The minimum absolute atomic E-state index is 0.698. The van der Waals surface area contributed by atoms with E-state index in [1.807, 2.05) is 11.8 Å². The van der Waals surface area contributed by atoms with Gasteiger partial charge in [0, 0.05) is 11.3 Å². The third-order valence-electron chi connectivity index (χ3n) is 2.17. The van der Waals surface area contributed by atoms with Crippen LogP contribution in [0.15, 0.2) is 0 Å². The number of thioether (sulfide) groups is 1. The Hall–Kier alpha value is 0.310. The molecule has 0 saturated heterocycles. The molecule has 0 aliphatic carbocycles. The van der Waals surface area contributed by atoms with Crippen molar-refractivity contribution in [1.29, 1.82) is 0 Å². The molecule has 0 spiro atoms. The van der Waals surface area contributed by atoms with Gasteiger partial charge in [-0.1, -0.05) is 20.3 Å². The van der Waals surface area contributed by atoms with Crippen molar-refractivity contribution in [1.82, 2.24) is 5.32 Å². The summed E-state index contributed by atoms with van der Waals surface area (Å²) in [6.07, 6.45) is 6.05. The summed E-state index contributed by atoms with van der Waals surface area (Å²) in [4.78, 5) is 0. The lowest BCUT2D eigenvalue weighted by atomic mass is 10.2. The molecule has 0 aromatic rings. The summed E-state index contributed by atoms with van der Waals surface area (Å²) in [6.45, 7) is 7.97. The van der Waals surface area contributed by atoms with Gasteiger partial charge in [-0.05, 0) is 32.6 Å². The maximum atomic E-state index is 3.54. The Kier molecular flexibility index (Phi) is 8.14. The van der Waals surface area contributed by atoms with E-state index in [1.54, 1.807) is 0 Å². The van der Waals surface area contributed by atoms with Crippen molar-refractivity contribution in [2.24, 2.45) is 0 Å². The molecule has 0 fully saturated rings. The van der Waals surface area contributed by atoms with Crippen LogP contribution in [0.3, 0.4) is 0 Å². The van der Waals surface area contributed by atoms with E-state index in [9.17, 15) is 0 Å². The number of hydrogen-bond acceptors (Lipinski definition) is 2. The van der Waals surface area contributed by atoms with Crippen molar-refractivity contribution in [3.8, 4) is 0 Å². The molecule has 0 amide bonds. The molecule has 0 bridgehead atoms. The highest BCUT2D eigenvalue weighted by Gasteiger charge is 2.01. The van der Waals surface area contributed by atoms with E-state index in [0.717, 1.165) is 5.25 Å². The molecule has 0 rings (SSSR count). The highest BCUT2D eigenvalue weighted by Crippen LogP contribution is 2.08. The van der Waals surface area contributed by atoms with Crippen LogP contribution in [0.5, 0.6) is 0 Å². The fourth-order valence-corrected chi connectivity index (χ4v) is 1.54. The van der Waals surface area contributed by atoms with Crippen LogP contribution in [0.25, 0.3) is 0 Å². The highest BCUT2D eigenvalue weighted by atomic mass is 32.2. The van der Waals surface area contributed by atoms with Crippen LogP contribution in [-0.4, -0.2) is 24.1 Å². The van der Waals surface area contributed by atoms with Gasteiger partial charge in [0.05, 0.1) is 0 Å². The third kappa shape index (κ3) is 6.99. The normalized spacial score (nSPS) is 16.0. The van der Waals surface area contributed by atoms with Crippen LogP contribution >= 0.6 is 11.8 Å². The summed E-state index contributed by atoms with van der Waals surface area (Å²) in [5, 5.41) is 4.33. The summed E-state index contributed by atoms with van der Waals surface area (Å²) < 4.78 is 0. The van der Waals surface area contributed by atoms with Crippen molar-refractivity contribution in [3.63, 3.8) is 0 Å². The lowest BCUT2D eigenvalue weighted by molar-refractivity contribution is 0.501. The molecule has 0 aliphatic heterocycles. The van der Waals surface area contributed by atoms with E-state index in [2.05, 4.69) is 32.3 Å². The maximum Gasteiger partial charge on any atom is 0.00386 e. The Morgan fingerprint density at radius 1 is 1.25 bits per heavy atom. The van der Waals surface area contributed by atoms with Crippen molar-refractivity contribution in [2.45, 2.75) is 51.3 Å². The first-order chi connectivity index (χ1) is 5.70. The Morgan fingerprint density at radius 3 is 2.42 bits per heavy atom. The van der Waals surface area contributed by atoms with Crippen molar-refractivity contribution < 1.29 is 0 Å². The minimum atomic E-state index is 0.698. The zero-order valence-electron chi connectivity index (χ0n) is 8.89. The molecular formula is C10H23NS. The molecule has 2 atom stereocenters. The Morgan fingerprint density at radius 2 is 1.92 bits per heavy atom. The van der Waals surface area contributed by atoms with E-state index < -0.39 is 0 Å². The standard InChI is InChI=1S/C10H23NS/c1-5-6-9(2)11-8-7-10(3)12-4/h9-11H,5-8H2,1-4H3. The summed E-state index contributed by atoms with van der Waals surface area (Å²) in [5.41, 5.74) is 0. The zero-order chi connectivity index (χ0) is 9.40. The maximum absolute atomic E-state index is 3.54. The third-order valence-corrected chi connectivity index (χ3v) is 3.21. The van der Waals surface area contributed by atoms with Crippen LogP contribution in [0.4, 0.5) is 0 Å². The molecule has 12 heavy (non-hydrogen) atoms. The molecular weight excluding hydrogens is 166 g/mol. The second kappa shape index (κ2) is 7.93. The topological polar surface area (TPSA) is 12.0 Å². The van der Waals surface area contributed by atoms with Crippen LogP contribution < -0.4 is 5.32 Å². The number of nitrogens with one attached hydrogen (secondary N) is 1. The van der Waals surface area contributed by atoms with E-state index in [-0.39, 0.29) is 0 Å². The molecule has 0 aromatic carbocycles. The van der Waals surface area contributed by atoms with Gasteiger partial charge in [0.2, 0.25) is 0 Å². The monoisotopic (exact) mass is 189 g/mol. The lowest BCUT2D eigenvalue weighted by Crippen LogP contribution is -2.28. The predicted molar refractivity (Wildman–Crippen MR) is 60.0 cm³/mol. The average Bonchev–Trinajstić information content (AvgIpc) is 2.04. The molecule has 0 heterocycles. The first-order valence-electron chi connectivity index (χ1n) is 4.96. The van der Waals surface area contributed by atoms with Gasteiger partial charge in [-0.2, -0.15) is 11.8 Å². The van der Waals surface area contributed by atoms with Crippen molar-refractivity contribution >= 4 is 11.8 Å². The van der Waals surface area contributed by atoms with Gasteiger partial charge in [-0.3, -0.25) is 0 Å². The van der Waals surface area contributed by atoms with Crippen LogP contribution in [0.2, 0.25) is 0 Å². The lowest BCUT2D eigenvalue weighted by Gasteiger charge is -2.14. The fourth-order valence-electron chi connectivity index (χ4n) is 1.19. The Balaban J connectivity index is 3.18. The van der Waals surface area contributed by atoms with Crippen LogP contribution in [0.1, 0.15) is 40.0 Å². The van der Waals surface area contributed by atoms with E-state index >= 15 is 0 Å². The largest absolute Gasteiger partial charge is 0.314 e. The first kappa shape index (κ1) is 12.3. The number of hydrogen-bond donors (Lipinski definition) is 1. The molecule has 2 unspecified atom stereocenters. The van der Waals surface area contributed by atoms with Crippen molar-refractivity contribution in [2.75, 3.05) is 12.8 Å². The van der Waals surface area contributed by atoms with Gasteiger partial charge in [0.25, 0.3) is 0 Å². The summed E-state index contributed by atoms with van der Waals surface area (Å²) in [7, 11) is 0. The van der Waals surface area contributed by atoms with E-state index in [0.29, 0.717) is 6.04 Å². The summed E-state index contributed by atoms with van der Waals surface area (Å²) in [5.74, 6) is 0. The summed E-state index contributed by atoms with van der Waals surface area (Å²) >= 11 is 1.95. The van der Waals surface area contributed by atoms with Crippen molar-refractivity contribution in [3.05, 3.63) is 0 Å². The van der Waals surface area contributed by atoms with Gasteiger partial charge in [-0.25, -0.2) is 0 Å². The van der Waals surface area contributed by atoms with Gasteiger partial charge in [-0.15, -0.1) is 0 Å². The van der Waals surface area contributed by atoms with Gasteiger partial charge in [0.15, 0.2) is 0 Å². The molecule has 0 radical (unpaired) electrons. The quantitative estimate of drug-likeness (QED) is 0.661. The number of rotatable bonds is 7. The summed E-state index contributed by atoms with van der Waals surface area (Å²) in [6, 6.07) is 0.698. The van der Waals surface area contributed by atoms with Crippen LogP contribution in [-0.2, 0) is 0 Å². The molecule has 1 N–H and O–H groups in total. The first-order valence-corrected chi connectivity index (χ1v) is 6.25. The zero-order valence-corrected chi connectivity index (χ0v) is 9.71. The van der Waals surface area contributed by atoms with Gasteiger partial charge < -0.3 is 5.32 Å². The molecule has 74 valence electrons. The second-order valence-corrected chi connectivity index (χ2v) is 4.75. The smallest absolute Gasteiger partial charge is 0.00386 e. The molecule has 2 heteroatoms. The Labute approximate surface area is 81.7 Å². The van der Waals surface area contributed by atoms with E-state index in [4.69, 9.17) is 0 Å². The molecule has 0 saturated carbocycles.